The van der Waals surface area contributed by atoms with Crippen molar-refractivity contribution in [2.45, 2.75) is 6.04 Å². The second-order valence-electron chi connectivity index (χ2n) is 4.87. The number of hydrogen-bond donors (Lipinski definition) is 1. The highest BCUT2D eigenvalue weighted by Gasteiger charge is 2.13. The van der Waals surface area contributed by atoms with E-state index >= 15 is 0 Å². The van der Waals surface area contributed by atoms with E-state index in [9.17, 15) is 0 Å². The Morgan fingerprint density at radius 3 is 2.30 bits per heavy atom. The number of nitrogens with one attached hydrogen (secondary N) is 1. The van der Waals surface area contributed by atoms with Crippen molar-refractivity contribution in [3.05, 3.63) is 54.4 Å². The van der Waals surface area contributed by atoms with E-state index in [-0.39, 0.29) is 0 Å². The highest BCUT2D eigenvalue weighted by Crippen LogP contribution is 2.21. The van der Waals surface area contributed by atoms with E-state index in [2.05, 4.69) is 41.4 Å². The molecule has 20 heavy (non-hydrogen) atoms. The minimum Gasteiger partial charge on any atom is -0.497 e. The van der Waals surface area contributed by atoms with Gasteiger partial charge >= 0.3 is 0 Å². The van der Waals surface area contributed by atoms with Crippen LogP contribution in [0.3, 0.4) is 0 Å². The minimum absolute atomic E-state index is 0.300. The maximum Gasteiger partial charge on any atom is 0.118 e. The molecule has 0 spiro atoms. The lowest BCUT2D eigenvalue weighted by Gasteiger charge is -2.25. The lowest BCUT2D eigenvalue weighted by atomic mass is 10.1. The molecule has 1 aromatic carbocycles. The van der Waals surface area contributed by atoms with E-state index in [0.717, 1.165) is 18.0 Å². The maximum absolute atomic E-state index is 5.20. The SMILES string of the molecule is COc1ccc(C(CNc2ccncc2)N(C)C)cc1. The van der Waals surface area contributed by atoms with Crippen LogP contribution in [0.1, 0.15) is 11.6 Å². The number of benzene rings is 1. The first-order valence-electron chi connectivity index (χ1n) is 6.65. The molecule has 0 aliphatic heterocycles. The summed E-state index contributed by atoms with van der Waals surface area (Å²) in [6, 6.07) is 12.5. The van der Waals surface area contributed by atoms with Crippen molar-refractivity contribution in [1.29, 1.82) is 0 Å². The quantitative estimate of drug-likeness (QED) is 0.876. The Hall–Kier alpha value is -2.07. The number of pyridine rings is 1. The zero-order valence-corrected chi connectivity index (χ0v) is 12.2. The number of nitrogens with zero attached hydrogens (tertiary/aromatic N) is 2. The van der Waals surface area contributed by atoms with Gasteiger partial charge in [-0.25, -0.2) is 0 Å². The first-order valence-corrected chi connectivity index (χ1v) is 6.65. The van der Waals surface area contributed by atoms with Crippen LogP contribution in [0.4, 0.5) is 5.69 Å². The minimum atomic E-state index is 0.300. The van der Waals surface area contributed by atoms with Gasteiger partial charge < -0.3 is 15.0 Å². The maximum atomic E-state index is 5.20. The largest absolute Gasteiger partial charge is 0.497 e. The summed E-state index contributed by atoms with van der Waals surface area (Å²) in [7, 11) is 5.86. The molecule has 1 atom stereocenters. The van der Waals surface area contributed by atoms with Crippen LogP contribution in [0.5, 0.6) is 5.75 Å². The van der Waals surface area contributed by atoms with Gasteiger partial charge in [-0.2, -0.15) is 0 Å². The third-order valence-corrected chi connectivity index (χ3v) is 3.30. The molecule has 2 rings (SSSR count). The van der Waals surface area contributed by atoms with Crippen LogP contribution in [0.15, 0.2) is 48.8 Å². The van der Waals surface area contributed by atoms with Gasteiger partial charge in [0.15, 0.2) is 0 Å². The summed E-state index contributed by atoms with van der Waals surface area (Å²) in [5.74, 6) is 0.883. The van der Waals surface area contributed by atoms with Gasteiger partial charge in [0.2, 0.25) is 0 Å². The second-order valence-corrected chi connectivity index (χ2v) is 4.87. The van der Waals surface area contributed by atoms with Crippen LogP contribution in [-0.4, -0.2) is 37.6 Å². The average Bonchev–Trinajstić information content (AvgIpc) is 2.49. The van der Waals surface area contributed by atoms with Crippen molar-refractivity contribution < 1.29 is 4.74 Å². The Bertz CT molecular complexity index is 511. The van der Waals surface area contributed by atoms with Gasteiger partial charge in [-0.05, 0) is 43.9 Å². The zero-order chi connectivity index (χ0) is 14.4. The van der Waals surface area contributed by atoms with E-state index in [0.29, 0.717) is 6.04 Å². The topological polar surface area (TPSA) is 37.4 Å². The summed E-state index contributed by atoms with van der Waals surface area (Å²) in [6.07, 6.45) is 3.58. The summed E-state index contributed by atoms with van der Waals surface area (Å²) in [6.45, 7) is 0.837. The lowest BCUT2D eigenvalue weighted by molar-refractivity contribution is 0.311. The van der Waals surface area contributed by atoms with Crippen LogP contribution in [0, 0.1) is 0 Å². The van der Waals surface area contributed by atoms with Crippen molar-refractivity contribution in [3.8, 4) is 5.75 Å². The van der Waals surface area contributed by atoms with Gasteiger partial charge in [-0.1, -0.05) is 12.1 Å². The fourth-order valence-corrected chi connectivity index (χ4v) is 2.11. The summed E-state index contributed by atoms with van der Waals surface area (Å²) in [4.78, 5) is 6.22. The first-order chi connectivity index (χ1) is 9.70. The molecule has 0 saturated heterocycles. The summed E-state index contributed by atoms with van der Waals surface area (Å²) < 4.78 is 5.20. The van der Waals surface area contributed by atoms with E-state index in [1.54, 1.807) is 19.5 Å². The normalized spacial score (nSPS) is 12.2. The fourth-order valence-electron chi connectivity index (χ4n) is 2.11. The molecule has 4 heteroatoms. The van der Waals surface area contributed by atoms with Gasteiger partial charge in [0, 0.05) is 24.6 Å². The van der Waals surface area contributed by atoms with Crippen molar-refractivity contribution >= 4 is 5.69 Å². The number of methoxy groups -OCH3 is 1. The smallest absolute Gasteiger partial charge is 0.118 e. The van der Waals surface area contributed by atoms with Gasteiger partial charge in [0.25, 0.3) is 0 Å². The van der Waals surface area contributed by atoms with Crippen molar-refractivity contribution in [2.24, 2.45) is 0 Å². The molecule has 0 aliphatic rings. The summed E-state index contributed by atoms with van der Waals surface area (Å²) >= 11 is 0. The molecule has 0 amide bonds. The molecule has 1 unspecified atom stereocenters. The van der Waals surface area contributed by atoms with Crippen molar-refractivity contribution in [2.75, 3.05) is 33.1 Å². The Morgan fingerprint density at radius 2 is 1.75 bits per heavy atom. The molecule has 0 bridgehead atoms. The van der Waals surface area contributed by atoms with E-state index < -0.39 is 0 Å². The second kappa shape index (κ2) is 6.91. The molecular weight excluding hydrogens is 250 g/mol. The zero-order valence-electron chi connectivity index (χ0n) is 12.2. The number of hydrogen-bond acceptors (Lipinski definition) is 4. The molecule has 0 saturated carbocycles. The van der Waals surface area contributed by atoms with Crippen LogP contribution in [0.25, 0.3) is 0 Å². The Balaban J connectivity index is 2.06. The Morgan fingerprint density at radius 1 is 1.10 bits per heavy atom. The van der Waals surface area contributed by atoms with Gasteiger partial charge in [-0.3, -0.25) is 4.98 Å². The number of ether oxygens (including phenoxy) is 1. The average molecular weight is 271 g/mol. The number of aromatic nitrogens is 1. The number of rotatable bonds is 6. The van der Waals surface area contributed by atoms with Crippen molar-refractivity contribution in [3.63, 3.8) is 0 Å². The van der Waals surface area contributed by atoms with Crippen LogP contribution in [-0.2, 0) is 0 Å². The van der Waals surface area contributed by atoms with Crippen LogP contribution in [0.2, 0.25) is 0 Å². The van der Waals surface area contributed by atoms with Gasteiger partial charge in [-0.15, -0.1) is 0 Å². The fraction of sp³-hybridized carbons (Fsp3) is 0.312. The number of likely N-dealkylation sites (N-methyl/N-ethyl adjacent to an activating group) is 1. The molecule has 1 aromatic heterocycles. The van der Waals surface area contributed by atoms with Gasteiger partial charge in [0.1, 0.15) is 5.75 Å². The molecule has 106 valence electrons. The summed E-state index contributed by atoms with van der Waals surface area (Å²) in [5.41, 5.74) is 2.35. The van der Waals surface area contributed by atoms with Crippen LogP contribution < -0.4 is 10.1 Å². The predicted molar refractivity (Wildman–Crippen MR) is 82.1 cm³/mol. The third kappa shape index (κ3) is 3.71. The number of anilines is 1. The van der Waals surface area contributed by atoms with E-state index in [1.807, 2.05) is 24.3 Å². The lowest BCUT2D eigenvalue weighted by Crippen LogP contribution is -2.26. The molecule has 0 aliphatic carbocycles. The molecule has 1 heterocycles. The first kappa shape index (κ1) is 14.3. The molecule has 4 nitrogen and oxygen atoms in total. The molecule has 2 aromatic rings. The molecule has 0 fully saturated rings. The third-order valence-electron chi connectivity index (χ3n) is 3.30. The molecular formula is C16H21N3O. The highest BCUT2D eigenvalue weighted by atomic mass is 16.5. The Kier molecular flexibility index (Phi) is 4.96. The molecule has 0 radical (unpaired) electrons. The highest BCUT2D eigenvalue weighted by molar-refractivity contribution is 5.41. The van der Waals surface area contributed by atoms with Crippen molar-refractivity contribution in [1.82, 2.24) is 9.88 Å². The Labute approximate surface area is 120 Å². The van der Waals surface area contributed by atoms with Gasteiger partial charge in [0.05, 0.1) is 13.2 Å². The van der Waals surface area contributed by atoms with Crippen LogP contribution >= 0.6 is 0 Å². The standard InChI is InChI=1S/C16H21N3O/c1-19(2)16(12-18-14-8-10-17-11-9-14)13-4-6-15(20-3)7-5-13/h4-11,16H,12H2,1-3H3,(H,17,18). The monoisotopic (exact) mass is 271 g/mol. The molecule has 1 N–H and O–H groups in total. The van der Waals surface area contributed by atoms with E-state index in [4.69, 9.17) is 4.74 Å². The predicted octanol–water partition coefficient (Wildman–Crippen LogP) is 2.81. The van der Waals surface area contributed by atoms with E-state index in [1.165, 1.54) is 5.56 Å². The summed E-state index contributed by atoms with van der Waals surface area (Å²) in [5, 5.41) is 3.44.